The monoisotopic (exact) mass is 822 g/mol. The summed E-state index contributed by atoms with van der Waals surface area (Å²) in [5.41, 5.74) is 2.34. The number of aryl methyl sites for hydroxylation is 1. The minimum atomic E-state index is -4.66. The van der Waals surface area contributed by atoms with Gasteiger partial charge < -0.3 is 35.8 Å². The fraction of sp³-hybridized carbons (Fsp3) is 0.614. The quantitative estimate of drug-likeness (QED) is 0.149. The number of hydrogen-bond acceptors (Lipinski definition) is 11. The second kappa shape index (κ2) is 16.9. The van der Waals surface area contributed by atoms with Crippen LogP contribution in [-0.4, -0.2) is 122 Å². The third kappa shape index (κ3) is 8.69. The van der Waals surface area contributed by atoms with Crippen LogP contribution in [0.3, 0.4) is 0 Å². The first-order valence-electron chi connectivity index (χ1n) is 21.2. The molecule has 4 fully saturated rings. The zero-order valence-corrected chi connectivity index (χ0v) is 33.6. The minimum Gasteiger partial charge on any atom is -0.508 e. The number of amides is 1. The Kier molecular flexibility index (Phi) is 12.0. The number of carbonyl (C=O) groups excluding carboxylic acids is 1. The van der Waals surface area contributed by atoms with Gasteiger partial charge in [0.15, 0.2) is 5.69 Å². The van der Waals surface area contributed by atoms with Gasteiger partial charge in [-0.25, -0.2) is 4.98 Å². The fourth-order valence-corrected chi connectivity index (χ4v) is 11.1. The van der Waals surface area contributed by atoms with E-state index in [1.807, 2.05) is 36.4 Å². The number of piperazine rings is 1. The maximum atomic E-state index is 13.1. The number of anilines is 1. The average Bonchev–Trinajstić information content (AvgIpc) is 3.49. The number of aliphatic hydroxyl groups excluding tert-OH is 2. The number of hydrogen-bond donors (Lipinski definition) is 6. The second-order valence-electron chi connectivity index (χ2n) is 17.8. The fourth-order valence-electron chi connectivity index (χ4n) is 11.1. The summed E-state index contributed by atoms with van der Waals surface area (Å²) in [6.45, 7) is 6.91. The van der Waals surface area contributed by atoms with Gasteiger partial charge >= 0.3 is 6.18 Å². The van der Waals surface area contributed by atoms with Gasteiger partial charge in [0.1, 0.15) is 23.8 Å². The van der Waals surface area contributed by atoms with Crippen LogP contribution < -0.4 is 10.6 Å². The molecule has 0 unspecified atom stereocenters. The van der Waals surface area contributed by atoms with Crippen LogP contribution in [0.1, 0.15) is 90.5 Å². The number of nitrogens with zero attached hydrogens (tertiary/aromatic N) is 4. The van der Waals surface area contributed by atoms with Gasteiger partial charge in [-0.3, -0.25) is 19.6 Å². The van der Waals surface area contributed by atoms with Crippen molar-refractivity contribution in [3.63, 3.8) is 0 Å². The largest absolute Gasteiger partial charge is 0.508 e. The number of nitrogens with one attached hydrogen (secondary N) is 2. The molecule has 1 amide bonds. The van der Waals surface area contributed by atoms with Gasteiger partial charge in [0.05, 0.1) is 36.7 Å². The molecule has 0 bridgehead atoms. The van der Waals surface area contributed by atoms with Crippen molar-refractivity contribution in [3.05, 3.63) is 82.8 Å². The highest BCUT2D eigenvalue weighted by Gasteiger charge is 2.61. The maximum Gasteiger partial charge on any atom is 0.434 e. The number of aliphatic hydroxyl groups is 3. The van der Waals surface area contributed by atoms with Crippen LogP contribution in [-0.2, 0) is 23.9 Å². The second-order valence-corrected chi connectivity index (χ2v) is 17.8. The Balaban J connectivity index is 0.743. The number of ether oxygens (including phenoxy) is 1. The third-order valence-electron chi connectivity index (χ3n) is 14.5. The molecule has 6 N–H and O–H groups in total. The predicted molar refractivity (Wildman–Crippen MR) is 214 cm³/mol. The highest BCUT2D eigenvalue weighted by atomic mass is 19.4. The first-order chi connectivity index (χ1) is 28.2. The van der Waals surface area contributed by atoms with E-state index in [2.05, 4.69) is 43.4 Å². The van der Waals surface area contributed by atoms with Gasteiger partial charge in [0.25, 0.3) is 5.91 Å². The van der Waals surface area contributed by atoms with Crippen molar-refractivity contribution in [2.75, 3.05) is 51.2 Å². The molecule has 0 spiro atoms. The topological polar surface area (TPSA) is 164 Å². The van der Waals surface area contributed by atoms with E-state index in [9.17, 15) is 38.4 Å². The van der Waals surface area contributed by atoms with Crippen LogP contribution in [0.5, 0.6) is 5.75 Å². The van der Waals surface area contributed by atoms with Gasteiger partial charge in [-0.05, 0) is 115 Å². The van der Waals surface area contributed by atoms with Crippen molar-refractivity contribution in [1.29, 1.82) is 0 Å². The number of phenolic OH excluding ortho intramolecular Hbond substituents is 1. The van der Waals surface area contributed by atoms with E-state index in [0.717, 1.165) is 83.0 Å². The summed E-state index contributed by atoms with van der Waals surface area (Å²) in [6, 6.07) is 12.7. The molecular weight excluding hydrogens is 766 g/mol. The van der Waals surface area contributed by atoms with Gasteiger partial charge in [0, 0.05) is 51.4 Å². The van der Waals surface area contributed by atoms with Gasteiger partial charge in [-0.2, -0.15) is 13.2 Å². The number of rotatable bonds is 11. The van der Waals surface area contributed by atoms with Crippen LogP contribution >= 0.6 is 0 Å². The van der Waals surface area contributed by atoms with E-state index in [-0.39, 0.29) is 23.7 Å². The smallest absolute Gasteiger partial charge is 0.434 e. The number of alkyl halides is 3. The normalized spacial score (nSPS) is 32.5. The van der Waals surface area contributed by atoms with E-state index in [1.165, 1.54) is 11.1 Å². The molecular formula is C44H57F3N6O6. The minimum absolute atomic E-state index is 0.0240. The Labute approximate surface area is 343 Å². The number of fused-ring (bicyclic) bond motifs is 5. The number of phenols is 1. The first kappa shape index (κ1) is 41.9. The molecule has 3 heterocycles. The summed E-state index contributed by atoms with van der Waals surface area (Å²) in [7, 11) is 0. The lowest BCUT2D eigenvalue weighted by Crippen LogP contribution is -2.59. The lowest BCUT2D eigenvalue weighted by molar-refractivity contribution is -0.148. The summed E-state index contributed by atoms with van der Waals surface area (Å²) in [5, 5.41) is 49.5. The van der Waals surface area contributed by atoms with Crippen molar-refractivity contribution in [1.82, 2.24) is 25.1 Å². The highest BCUT2D eigenvalue weighted by Crippen LogP contribution is 2.65. The first-order valence-corrected chi connectivity index (χ1v) is 21.2. The van der Waals surface area contributed by atoms with Crippen LogP contribution in [0, 0.1) is 17.3 Å². The predicted octanol–water partition coefficient (Wildman–Crippen LogP) is 4.72. The van der Waals surface area contributed by atoms with E-state index in [4.69, 9.17) is 4.74 Å². The Morgan fingerprint density at radius 1 is 0.983 bits per heavy atom. The van der Waals surface area contributed by atoms with Crippen LogP contribution in [0.25, 0.3) is 0 Å². The Morgan fingerprint density at radius 2 is 1.75 bits per heavy atom. The van der Waals surface area contributed by atoms with Crippen molar-refractivity contribution < 1.29 is 43.1 Å². The van der Waals surface area contributed by atoms with E-state index >= 15 is 0 Å². The van der Waals surface area contributed by atoms with E-state index in [0.29, 0.717) is 61.2 Å². The summed E-state index contributed by atoms with van der Waals surface area (Å²) in [5.74, 6) is 1.59. The molecule has 5 aliphatic rings. The number of carbonyl (C=O) groups is 1. The molecule has 15 heteroatoms. The van der Waals surface area contributed by atoms with Crippen molar-refractivity contribution >= 4 is 11.7 Å². The van der Waals surface area contributed by atoms with Gasteiger partial charge in [0.2, 0.25) is 0 Å². The lowest BCUT2D eigenvalue weighted by atomic mass is 9.53. The van der Waals surface area contributed by atoms with E-state index < -0.39 is 41.8 Å². The number of aromatic nitrogens is 2. The number of aromatic hydroxyl groups is 1. The molecule has 8 rings (SSSR count). The van der Waals surface area contributed by atoms with Gasteiger partial charge in [-0.1, -0.05) is 25.1 Å². The van der Waals surface area contributed by atoms with Crippen LogP contribution in [0.2, 0.25) is 0 Å². The third-order valence-corrected chi connectivity index (χ3v) is 14.5. The Morgan fingerprint density at radius 3 is 2.51 bits per heavy atom. The van der Waals surface area contributed by atoms with Crippen molar-refractivity contribution in [2.24, 2.45) is 17.3 Å². The molecule has 3 aliphatic carbocycles. The Bertz CT molecular complexity index is 1950. The van der Waals surface area contributed by atoms with Crippen LogP contribution in [0.15, 0.2) is 54.9 Å². The standard InChI is InChI=1S/C44H57F3N6O6/c1-42-14-11-32-31-10-8-30(54)21-29(31)7-9-33(32)34(42)12-15-43(42,58)13-2-16-49-41(57)28-5-3-27(4-6-28)24-52-17-19-53(20-18-52)25-36-40(56)39(55)35(26-59-36)50-38-23-48-22-37(51-38)44(45,46)47/h3-6,8,10,21-23,32-36,39-40,54-56,58H,2,7,9,11-20,24-26H2,1H3,(H,49,57)(H,50,51)/t32-,33-,34+,35+,36-,39-,40+,42+,43+/m1/s1. The molecule has 12 nitrogen and oxygen atoms in total. The average molecular weight is 823 g/mol. The van der Waals surface area contributed by atoms with Crippen molar-refractivity contribution in [2.45, 2.75) is 107 Å². The van der Waals surface area contributed by atoms with Gasteiger partial charge in [-0.15, -0.1) is 0 Å². The zero-order chi connectivity index (χ0) is 41.5. The molecule has 59 heavy (non-hydrogen) atoms. The van der Waals surface area contributed by atoms with E-state index in [1.54, 1.807) is 0 Å². The summed E-state index contributed by atoms with van der Waals surface area (Å²) >= 11 is 0. The molecule has 2 aliphatic heterocycles. The maximum absolute atomic E-state index is 13.1. The zero-order valence-electron chi connectivity index (χ0n) is 33.6. The molecule has 2 saturated carbocycles. The molecule has 3 aromatic rings. The molecule has 2 saturated heterocycles. The lowest BCUT2D eigenvalue weighted by Gasteiger charge is -2.53. The highest BCUT2D eigenvalue weighted by molar-refractivity contribution is 5.94. The molecule has 2 aromatic carbocycles. The molecule has 9 atom stereocenters. The van der Waals surface area contributed by atoms with Crippen LogP contribution in [0.4, 0.5) is 19.0 Å². The molecule has 320 valence electrons. The summed E-state index contributed by atoms with van der Waals surface area (Å²) in [6.07, 6.45) is 1.27. The molecule has 1 aromatic heterocycles. The summed E-state index contributed by atoms with van der Waals surface area (Å²) < 4.78 is 45.0. The number of benzene rings is 2. The SMILES string of the molecule is C[C@]12CC[C@@H]3c4ccc(O)cc4CC[C@H]3[C@@H]1CC[C@@]2(O)CCCNC(=O)c1ccc(CN2CCN(C[C@H]3OC[C@H](Nc4cncc(C(F)(F)F)n4)[C@@H](O)[C@H]3O)CC2)cc1. The summed E-state index contributed by atoms with van der Waals surface area (Å²) in [4.78, 5) is 24.7. The number of halogens is 3. The Hall–Kier alpha value is -3.86. The molecule has 0 radical (unpaired) electrons. The van der Waals surface area contributed by atoms with Crippen molar-refractivity contribution in [3.8, 4) is 5.75 Å².